The maximum absolute atomic E-state index is 12.0. The van der Waals surface area contributed by atoms with Crippen molar-refractivity contribution in [3.63, 3.8) is 0 Å². The predicted molar refractivity (Wildman–Crippen MR) is 73.5 cm³/mol. The summed E-state index contributed by atoms with van der Waals surface area (Å²) < 4.78 is 0. The first-order valence-electron chi connectivity index (χ1n) is 6.45. The molecule has 3 N–H and O–H groups in total. The maximum atomic E-state index is 12.0. The van der Waals surface area contributed by atoms with Crippen LogP contribution in [-0.2, 0) is 11.2 Å². The third-order valence-corrected chi connectivity index (χ3v) is 3.84. The Morgan fingerprint density at radius 3 is 2.78 bits per heavy atom. The van der Waals surface area contributed by atoms with Crippen LogP contribution in [0.15, 0.2) is 24.3 Å². The molecule has 1 aromatic rings. The van der Waals surface area contributed by atoms with Crippen LogP contribution in [0, 0.1) is 0 Å². The SMILES string of the molecule is N[C@@H]1CCCC[C@H]1NC(=O)Cc1ccccc1Cl. The Hall–Kier alpha value is -1.06. The van der Waals surface area contributed by atoms with Crippen LogP contribution in [0.1, 0.15) is 31.2 Å². The lowest BCUT2D eigenvalue weighted by atomic mass is 9.91. The number of halogens is 1. The van der Waals surface area contributed by atoms with Crippen LogP contribution in [0.4, 0.5) is 0 Å². The molecule has 0 spiro atoms. The van der Waals surface area contributed by atoms with E-state index in [0.29, 0.717) is 11.4 Å². The van der Waals surface area contributed by atoms with Crippen molar-refractivity contribution in [2.45, 2.75) is 44.2 Å². The zero-order valence-corrected chi connectivity index (χ0v) is 11.1. The van der Waals surface area contributed by atoms with E-state index in [1.54, 1.807) is 6.07 Å². The Bertz CT molecular complexity index is 422. The number of nitrogens with one attached hydrogen (secondary N) is 1. The molecule has 1 fully saturated rings. The van der Waals surface area contributed by atoms with Gasteiger partial charge in [-0.2, -0.15) is 0 Å². The number of hydrogen-bond acceptors (Lipinski definition) is 2. The minimum atomic E-state index is 0.00505. The van der Waals surface area contributed by atoms with Crippen LogP contribution < -0.4 is 11.1 Å². The molecule has 0 aromatic heterocycles. The second-order valence-electron chi connectivity index (χ2n) is 4.89. The zero-order valence-electron chi connectivity index (χ0n) is 10.4. The van der Waals surface area contributed by atoms with Gasteiger partial charge in [0.15, 0.2) is 0 Å². The highest BCUT2D eigenvalue weighted by Crippen LogP contribution is 2.18. The Balaban J connectivity index is 1.90. The number of benzene rings is 1. The van der Waals surface area contributed by atoms with E-state index >= 15 is 0 Å². The first-order chi connectivity index (χ1) is 8.66. The summed E-state index contributed by atoms with van der Waals surface area (Å²) in [4.78, 5) is 12.0. The zero-order chi connectivity index (χ0) is 13.0. The second kappa shape index (κ2) is 6.21. The van der Waals surface area contributed by atoms with E-state index < -0.39 is 0 Å². The van der Waals surface area contributed by atoms with Gasteiger partial charge in [-0.3, -0.25) is 4.79 Å². The molecular formula is C14H19ClN2O. The minimum absolute atomic E-state index is 0.00505. The van der Waals surface area contributed by atoms with Crippen LogP contribution in [0.2, 0.25) is 5.02 Å². The second-order valence-corrected chi connectivity index (χ2v) is 5.30. The first-order valence-corrected chi connectivity index (χ1v) is 6.83. The molecular weight excluding hydrogens is 248 g/mol. The summed E-state index contributed by atoms with van der Waals surface area (Å²) in [6, 6.07) is 7.64. The van der Waals surface area contributed by atoms with Crippen molar-refractivity contribution < 1.29 is 4.79 Å². The number of rotatable bonds is 3. The summed E-state index contributed by atoms with van der Waals surface area (Å²) in [5.74, 6) is 0.00505. The highest BCUT2D eigenvalue weighted by molar-refractivity contribution is 6.31. The number of amides is 1. The van der Waals surface area contributed by atoms with Crippen molar-refractivity contribution in [3.8, 4) is 0 Å². The van der Waals surface area contributed by atoms with Crippen molar-refractivity contribution in [1.29, 1.82) is 0 Å². The Morgan fingerprint density at radius 2 is 2.06 bits per heavy atom. The van der Waals surface area contributed by atoms with Gasteiger partial charge in [-0.1, -0.05) is 42.6 Å². The molecule has 2 rings (SSSR count). The molecule has 4 heteroatoms. The molecule has 1 aliphatic carbocycles. The number of carbonyl (C=O) groups excluding carboxylic acids is 1. The van der Waals surface area contributed by atoms with Crippen LogP contribution >= 0.6 is 11.6 Å². The first kappa shape index (κ1) is 13.4. The third-order valence-electron chi connectivity index (χ3n) is 3.47. The summed E-state index contributed by atoms with van der Waals surface area (Å²) in [7, 11) is 0. The van der Waals surface area contributed by atoms with Crippen molar-refractivity contribution in [2.24, 2.45) is 5.73 Å². The lowest BCUT2D eigenvalue weighted by molar-refractivity contribution is -0.121. The minimum Gasteiger partial charge on any atom is -0.352 e. The van der Waals surface area contributed by atoms with Gasteiger partial charge in [-0.05, 0) is 24.5 Å². The van der Waals surface area contributed by atoms with E-state index in [2.05, 4.69) is 5.32 Å². The van der Waals surface area contributed by atoms with Gasteiger partial charge in [-0.25, -0.2) is 0 Å². The highest BCUT2D eigenvalue weighted by Gasteiger charge is 2.23. The predicted octanol–water partition coefficient (Wildman–Crippen LogP) is 2.27. The maximum Gasteiger partial charge on any atom is 0.224 e. The fraction of sp³-hybridized carbons (Fsp3) is 0.500. The van der Waals surface area contributed by atoms with Gasteiger partial charge in [0.1, 0.15) is 0 Å². The van der Waals surface area contributed by atoms with Gasteiger partial charge in [0, 0.05) is 17.1 Å². The molecule has 1 aromatic carbocycles. The van der Waals surface area contributed by atoms with Gasteiger partial charge < -0.3 is 11.1 Å². The van der Waals surface area contributed by atoms with E-state index in [1.807, 2.05) is 18.2 Å². The molecule has 0 heterocycles. The number of nitrogens with two attached hydrogens (primary N) is 1. The van der Waals surface area contributed by atoms with E-state index in [1.165, 1.54) is 0 Å². The van der Waals surface area contributed by atoms with Gasteiger partial charge in [0.05, 0.1) is 6.42 Å². The van der Waals surface area contributed by atoms with Crippen molar-refractivity contribution in [1.82, 2.24) is 5.32 Å². The third kappa shape index (κ3) is 3.47. The molecule has 18 heavy (non-hydrogen) atoms. The summed E-state index contributed by atoms with van der Waals surface area (Å²) in [5, 5.41) is 3.66. The van der Waals surface area contributed by atoms with Gasteiger partial charge in [0.2, 0.25) is 5.91 Å². The Labute approximate surface area is 113 Å². The topological polar surface area (TPSA) is 55.1 Å². The van der Waals surface area contributed by atoms with Crippen LogP contribution in [-0.4, -0.2) is 18.0 Å². The van der Waals surface area contributed by atoms with Crippen molar-refractivity contribution >= 4 is 17.5 Å². The van der Waals surface area contributed by atoms with Crippen LogP contribution in [0.3, 0.4) is 0 Å². The molecule has 0 saturated heterocycles. The normalized spacial score (nSPS) is 23.7. The molecule has 0 unspecified atom stereocenters. The van der Waals surface area contributed by atoms with E-state index in [-0.39, 0.29) is 18.0 Å². The molecule has 2 atom stereocenters. The Morgan fingerprint density at radius 1 is 1.33 bits per heavy atom. The smallest absolute Gasteiger partial charge is 0.224 e. The molecule has 1 amide bonds. The highest BCUT2D eigenvalue weighted by atomic mass is 35.5. The van der Waals surface area contributed by atoms with E-state index in [4.69, 9.17) is 17.3 Å². The fourth-order valence-corrected chi connectivity index (χ4v) is 2.61. The molecule has 1 aliphatic rings. The molecule has 98 valence electrons. The van der Waals surface area contributed by atoms with Crippen molar-refractivity contribution in [3.05, 3.63) is 34.9 Å². The van der Waals surface area contributed by atoms with E-state index in [9.17, 15) is 4.79 Å². The average molecular weight is 267 g/mol. The molecule has 3 nitrogen and oxygen atoms in total. The molecule has 1 saturated carbocycles. The molecule has 0 aliphatic heterocycles. The lowest BCUT2D eigenvalue weighted by Crippen LogP contribution is -2.49. The summed E-state index contributed by atoms with van der Waals surface area (Å²) in [6.07, 6.45) is 4.61. The summed E-state index contributed by atoms with van der Waals surface area (Å²) in [5.41, 5.74) is 6.87. The lowest BCUT2D eigenvalue weighted by Gasteiger charge is -2.29. The average Bonchev–Trinajstić information content (AvgIpc) is 2.35. The monoisotopic (exact) mass is 266 g/mol. The van der Waals surface area contributed by atoms with Crippen molar-refractivity contribution in [2.75, 3.05) is 0 Å². The van der Waals surface area contributed by atoms with Crippen LogP contribution in [0.5, 0.6) is 0 Å². The fourth-order valence-electron chi connectivity index (χ4n) is 2.41. The number of hydrogen-bond donors (Lipinski definition) is 2. The number of carbonyl (C=O) groups is 1. The standard InChI is InChI=1S/C14H19ClN2O/c15-11-6-2-1-5-10(11)9-14(18)17-13-8-4-3-7-12(13)16/h1-2,5-6,12-13H,3-4,7-9,16H2,(H,17,18)/t12-,13-/m1/s1. The van der Waals surface area contributed by atoms with Gasteiger partial charge >= 0.3 is 0 Å². The summed E-state index contributed by atoms with van der Waals surface area (Å²) in [6.45, 7) is 0. The Kier molecular flexibility index (Phi) is 4.61. The summed E-state index contributed by atoms with van der Waals surface area (Å²) >= 11 is 6.04. The van der Waals surface area contributed by atoms with Gasteiger partial charge in [-0.15, -0.1) is 0 Å². The molecule has 0 bridgehead atoms. The quantitative estimate of drug-likeness (QED) is 0.882. The largest absolute Gasteiger partial charge is 0.352 e. The van der Waals surface area contributed by atoms with E-state index in [0.717, 1.165) is 31.2 Å². The van der Waals surface area contributed by atoms with Crippen LogP contribution in [0.25, 0.3) is 0 Å². The molecule has 0 radical (unpaired) electrons. The van der Waals surface area contributed by atoms with Gasteiger partial charge in [0.25, 0.3) is 0 Å².